The van der Waals surface area contributed by atoms with Crippen molar-refractivity contribution in [2.75, 3.05) is 18.4 Å². The van der Waals surface area contributed by atoms with Crippen LogP contribution in [0, 0.1) is 0 Å². The highest BCUT2D eigenvalue weighted by molar-refractivity contribution is 6.39. The molecule has 4 rings (SSSR count). The van der Waals surface area contributed by atoms with Crippen molar-refractivity contribution < 1.29 is 9.59 Å². The predicted molar refractivity (Wildman–Crippen MR) is 88.2 cm³/mol. The van der Waals surface area contributed by atoms with Crippen LogP contribution in [0.15, 0.2) is 24.3 Å². The molecule has 0 bridgehead atoms. The van der Waals surface area contributed by atoms with Crippen molar-refractivity contribution in [1.29, 1.82) is 0 Å². The second-order valence-corrected chi connectivity index (χ2v) is 6.35. The first-order valence-corrected chi connectivity index (χ1v) is 8.34. The Kier molecular flexibility index (Phi) is 3.76. The Hall–Kier alpha value is -2.70. The monoisotopic (exact) mass is 325 g/mol. The molecule has 1 saturated carbocycles. The zero-order chi connectivity index (χ0) is 16.5. The van der Waals surface area contributed by atoms with Crippen LogP contribution in [0.25, 0.3) is 11.4 Å². The van der Waals surface area contributed by atoms with Crippen molar-refractivity contribution in [2.45, 2.75) is 31.6 Å². The maximum atomic E-state index is 12.0. The molecule has 2 heterocycles. The molecule has 2 fully saturated rings. The summed E-state index contributed by atoms with van der Waals surface area (Å²) >= 11 is 0. The minimum absolute atomic E-state index is 0.459. The van der Waals surface area contributed by atoms with Crippen LogP contribution in [-0.2, 0) is 9.59 Å². The topological polar surface area (TPSA) is 91.0 Å². The number of H-pyrrole nitrogens is 1. The second kappa shape index (κ2) is 6.07. The molecule has 0 radical (unpaired) electrons. The molecule has 7 heteroatoms. The maximum absolute atomic E-state index is 12.0. The first-order chi connectivity index (χ1) is 11.7. The third-order valence-corrected chi connectivity index (χ3v) is 4.46. The normalized spacial score (nSPS) is 17.1. The molecule has 0 atom stereocenters. The van der Waals surface area contributed by atoms with Gasteiger partial charge in [-0.1, -0.05) is 0 Å². The van der Waals surface area contributed by atoms with Crippen molar-refractivity contribution in [2.24, 2.45) is 0 Å². The minimum Gasteiger partial charge on any atom is -0.334 e. The first-order valence-electron chi connectivity index (χ1n) is 8.34. The Labute approximate surface area is 139 Å². The predicted octanol–water partition coefficient (Wildman–Crippen LogP) is 1.91. The molecule has 1 aliphatic heterocycles. The maximum Gasteiger partial charge on any atom is 0.313 e. The van der Waals surface area contributed by atoms with Crippen LogP contribution in [-0.4, -0.2) is 45.0 Å². The summed E-state index contributed by atoms with van der Waals surface area (Å²) in [5, 5.41) is 9.86. The van der Waals surface area contributed by atoms with E-state index in [0.717, 1.165) is 24.2 Å². The summed E-state index contributed by atoms with van der Waals surface area (Å²) in [6.45, 7) is 1.33. The lowest BCUT2D eigenvalue weighted by atomic mass is 10.2. The summed E-state index contributed by atoms with van der Waals surface area (Å²) in [6, 6.07) is 7.21. The average molecular weight is 325 g/mol. The molecule has 2 N–H and O–H groups in total. The minimum atomic E-state index is -0.585. The molecular weight excluding hydrogens is 306 g/mol. The van der Waals surface area contributed by atoms with Crippen LogP contribution in [0.4, 0.5) is 5.69 Å². The van der Waals surface area contributed by atoms with Crippen molar-refractivity contribution in [3.8, 4) is 11.4 Å². The van der Waals surface area contributed by atoms with Crippen LogP contribution >= 0.6 is 0 Å². The fourth-order valence-corrected chi connectivity index (χ4v) is 2.89. The highest BCUT2D eigenvalue weighted by Crippen LogP contribution is 2.38. The zero-order valence-corrected chi connectivity index (χ0v) is 13.3. The van der Waals surface area contributed by atoms with Gasteiger partial charge in [-0.3, -0.25) is 14.7 Å². The fraction of sp³-hybridized carbons (Fsp3) is 0.412. The van der Waals surface area contributed by atoms with E-state index in [1.54, 1.807) is 17.0 Å². The molecular formula is C17H19N5O2. The molecule has 2 aromatic rings. The van der Waals surface area contributed by atoms with Crippen LogP contribution in [0.5, 0.6) is 0 Å². The van der Waals surface area contributed by atoms with Gasteiger partial charge in [0, 0.05) is 30.3 Å². The Balaban J connectivity index is 1.41. The number of aromatic nitrogens is 3. The van der Waals surface area contributed by atoms with Gasteiger partial charge in [-0.2, -0.15) is 5.10 Å². The van der Waals surface area contributed by atoms with Gasteiger partial charge in [-0.05, 0) is 49.9 Å². The lowest BCUT2D eigenvalue weighted by molar-refractivity contribution is -0.142. The van der Waals surface area contributed by atoms with Gasteiger partial charge in [0.2, 0.25) is 0 Å². The van der Waals surface area contributed by atoms with E-state index in [1.165, 1.54) is 12.8 Å². The summed E-state index contributed by atoms with van der Waals surface area (Å²) in [4.78, 5) is 30.1. The van der Waals surface area contributed by atoms with Gasteiger partial charge in [-0.15, -0.1) is 0 Å². The molecule has 124 valence electrons. The van der Waals surface area contributed by atoms with E-state index in [9.17, 15) is 9.59 Å². The van der Waals surface area contributed by atoms with Crippen molar-refractivity contribution in [3.63, 3.8) is 0 Å². The third kappa shape index (κ3) is 3.02. The molecule has 0 spiro atoms. The van der Waals surface area contributed by atoms with Gasteiger partial charge >= 0.3 is 11.8 Å². The Bertz CT molecular complexity index is 758. The molecule has 1 aromatic carbocycles. The van der Waals surface area contributed by atoms with Crippen LogP contribution < -0.4 is 5.32 Å². The quantitative estimate of drug-likeness (QED) is 0.843. The number of hydrogen-bond donors (Lipinski definition) is 2. The van der Waals surface area contributed by atoms with Gasteiger partial charge in [0.15, 0.2) is 5.82 Å². The molecule has 1 saturated heterocycles. The molecule has 2 aliphatic rings. The summed E-state index contributed by atoms with van der Waals surface area (Å²) in [7, 11) is 0. The summed E-state index contributed by atoms with van der Waals surface area (Å²) in [5.74, 6) is 1.08. The van der Waals surface area contributed by atoms with Crippen LogP contribution in [0.2, 0.25) is 0 Å². The van der Waals surface area contributed by atoms with Gasteiger partial charge in [0.05, 0.1) is 0 Å². The average Bonchev–Trinajstić information content (AvgIpc) is 3.12. The largest absolute Gasteiger partial charge is 0.334 e. The van der Waals surface area contributed by atoms with Gasteiger partial charge in [0.1, 0.15) is 5.82 Å². The van der Waals surface area contributed by atoms with E-state index in [2.05, 4.69) is 20.5 Å². The van der Waals surface area contributed by atoms with Gasteiger partial charge < -0.3 is 10.2 Å². The van der Waals surface area contributed by atoms with E-state index in [-0.39, 0.29) is 0 Å². The van der Waals surface area contributed by atoms with E-state index in [1.807, 2.05) is 12.1 Å². The number of amides is 2. The molecule has 2 amide bonds. The molecule has 7 nitrogen and oxygen atoms in total. The lowest BCUT2D eigenvalue weighted by Crippen LogP contribution is -2.37. The second-order valence-electron chi connectivity index (χ2n) is 6.35. The number of rotatable bonds is 3. The zero-order valence-electron chi connectivity index (χ0n) is 13.3. The van der Waals surface area contributed by atoms with E-state index < -0.39 is 11.8 Å². The van der Waals surface area contributed by atoms with Crippen molar-refractivity contribution in [1.82, 2.24) is 20.1 Å². The number of benzene rings is 1. The SMILES string of the molecule is O=C(Nc1ccc(-c2n[nH]c(C3CC3)n2)cc1)C(=O)N1CCCC1. The number of aromatic amines is 1. The summed E-state index contributed by atoms with van der Waals surface area (Å²) < 4.78 is 0. The van der Waals surface area contributed by atoms with E-state index >= 15 is 0 Å². The number of hydrogen-bond acceptors (Lipinski definition) is 4. The van der Waals surface area contributed by atoms with E-state index in [4.69, 9.17) is 0 Å². The van der Waals surface area contributed by atoms with Crippen molar-refractivity contribution >= 4 is 17.5 Å². The molecule has 24 heavy (non-hydrogen) atoms. The third-order valence-electron chi connectivity index (χ3n) is 4.46. The number of nitrogens with one attached hydrogen (secondary N) is 2. The smallest absolute Gasteiger partial charge is 0.313 e. The van der Waals surface area contributed by atoms with Gasteiger partial charge in [-0.25, -0.2) is 4.98 Å². The Morgan fingerprint density at radius 2 is 1.83 bits per heavy atom. The highest BCUT2D eigenvalue weighted by atomic mass is 16.2. The molecule has 1 aromatic heterocycles. The van der Waals surface area contributed by atoms with E-state index in [0.29, 0.717) is 30.5 Å². The number of nitrogens with zero attached hydrogens (tertiary/aromatic N) is 3. The number of anilines is 1. The lowest BCUT2D eigenvalue weighted by Gasteiger charge is -2.14. The Morgan fingerprint density at radius 1 is 1.12 bits per heavy atom. The number of carbonyl (C=O) groups is 2. The van der Waals surface area contributed by atoms with Crippen LogP contribution in [0.1, 0.15) is 37.4 Å². The standard InChI is InChI=1S/C17H19N5O2/c23-16(17(24)22-9-1-2-10-22)18-13-7-5-12(6-8-13)15-19-14(20-21-15)11-3-4-11/h5-8,11H,1-4,9-10H2,(H,18,23)(H,19,20,21). The van der Waals surface area contributed by atoms with Crippen molar-refractivity contribution in [3.05, 3.63) is 30.1 Å². The van der Waals surface area contributed by atoms with Gasteiger partial charge in [0.25, 0.3) is 0 Å². The number of carbonyl (C=O) groups excluding carboxylic acids is 2. The number of likely N-dealkylation sites (tertiary alicyclic amines) is 1. The fourth-order valence-electron chi connectivity index (χ4n) is 2.89. The molecule has 0 unspecified atom stereocenters. The Morgan fingerprint density at radius 3 is 2.50 bits per heavy atom. The first kappa shape index (κ1) is 14.9. The van der Waals surface area contributed by atoms with Crippen LogP contribution in [0.3, 0.4) is 0 Å². The highest BCUT2D eigenvalue weighted by Gasteiger charge is 2.27. The summed E-state index contributed by atoms with van der Waals surface area (Å²) in [5.41, 5.74) is 1.47. The summed E-state index contributed by atoms with van der Waals surface area (Å²) in [6.07, 6.45) is 4.27. The molecule has 1 aliphatic carbocycles.